The van der Waals surface area contributed by atoms with E-state index in [1.165, 1.54) is 11.6 Å². The van der Waals surface area contributed by atoms with E-state index in [4.69, 9.17) is 37.5 Å². The molecule has 0 atom stereocenters. The molecule has 2 heterocycles. The number of ether oxygens (including phenoxy) is 1. The van der Waals surface area contributed by atoms with Crippen molar-refractivity contribution in [3.63, 3.8) is 0 Å². The van der Waals surface area contributed by atoms with Crippen molar-refractivity contribution in [2.75, 3.05) is 44.2 Å². The number of hydrogen-bond donors (Lipinski definition) is 1. The Kier molecular flexibility index (Phi) is 9.51. The summed E-state index contributed by atoms with van der Waals surface area (Å²) >= 11 is 12.5. The second-order valence-electron chi connectivity index (χ2n) is 10.1. The molecule has 1 saturated heterocycles. The standard InChI is InChI=1S/C29H34Cl2N6O4/c1-2-40-28-18-22(9-10-26(28)37(38)39)35-13-15-36(16-14-35)29(32-12-11-20-7-8-21(30)17-24(20)31)33-19-25-23-5-3-4-6-27(23)41-34-25/h7-10,17-18H,2-6,11-16,19H2,1H3,(H,32,33). The van der Waals surface area contributed by atoms with Crippen molar-refractivity contribution in [2.24, 2.45) is 4.99 Å². The molecular weight excluding hydrogens is 567 g/mol. The van der Waals surface area contributed by atoms with Gasteiger partial charge in [0.05, 0.1) is 18.1 Å². The van der Waals surface area contributed by atoms with Crippen LogP contribution in [0.25, 0.3) is 0 Å². The maximum Gasteiger partial charge on any atom is 0.311 e. The van der Waals surface area contributed by atoms with Gasteiger partial charge < -0.3 is 24.4 Å². The first-order chi connectivity index (χ1) is 19.9. The number of hydrogen-bond acceptors (Lipinski definition) is 7. The summed E-state index contributed by atoms with van der Waals surface area (Å²) in [6.07, 6.45) is 4.93. The second-order valence-corrected chi connectivity index (χ2v) is 11.0. The van der Waals surface area contributed by atoms with E-state index in [-0.39, 0.29) is 11.4 Å². The van der Waals surface area contributed by atoms with E-state index in [2.05, 4.69) is 20.3 Å². The van der Waals surface area contributed by atoms with Crippen LogP contribution in [0.15, 0.2) is 45.9 Å². The SMILES string of the molecule is CCOc1cc(N2CCN(C(=NCc3noc4c3CCCC4)NCCc3ccc(Cl)cc3Cl)CC2)ccc1[N+](=O)[O-]. The molecule has 218 valence electrons. The molecule has 1 aliphatic carbocycles. The number of aliphatic imine (C=N–C) groups is 1. The number of nitro groups is 1. The molecule has 2 aliphatic rings. The minimum absolute atomic E-state index is 0.0244. The maximum absolute atomic E-state index is 11.4. The van der Waals surface area contributed by atoms with Crippen LogP contribution in [0, 0.1) is 10.1 Å². The summed E-state index contributed by atoms with van der Waals surface area (Å²) in [4.78, 5) is 20.4. The number of nitrogens with zero attached hydrogens (tertiary/aromatic N) is 5. The minimum Gasteiger partial charge on any atom is -0.487 e. The molecule has 0 unspecified atom stereocenters. The van der Waals surface area contributed by atoms with Crippen LogP contribution in [0.3, 0.4) is 0 Å². The summed E-state index contributed by atoms with van der Waals surface area (Å²) in [5.74, 6) is 2.09. The van der Waals surface area contributed by atoms with Gasteiger partial charge in [0.1, 0.15) is 11.5 Å². The van der Waals surface area contributed by atoms with Gasteiger partial charge in [0.15, 0.2) is 11.7 Å². The normalized spacial score (nSPS) is 15.5. The molecule has 41 heavy (non-hydrogen) atoms. The fourth-order valence-corrected chi connectivity index (χ4v) is 5.82. The molecule has 10 nitrogen and oxygen atoms in total. The Hall–Kier alpha value is -3.50. The summed E-state index contributed by atoms with van der Waals surface area (Å²) in [7, 11) is 0. The Morgan fingerprint density at radius 2 is 1.95 bits per heavy atom. The van der Waals surface area contributed by atoms with Crippen LogP contribution in [0.4, 0.5) is 11.4 Å². The van der Waals surface area contributed by atoms with Gasteiger partial charge in [0, 0.05) is 72.6 Å². The molecule has 0 radical (unpaired) electrons. The van der Waals surface area contributed by atoms with Crippen LogP contribution in [0.2, 0.25) is 10.0 Å². The number of nitrogens with one attached hydrogen (secondary N) is 1. The zero-order valence-corrected chi connectivity index (χ0v) is 24.6. The number of anilines is 1. The van der Waals surface area contributed by atoms with Crippen molar-refractivity contribution >= 4 is 40.5 Å². The van der Waals surface area contributed by atoms with Gasteiger partial charge in [0.2, 0.25) is 0 Å². The summed E-state index contributed by atoms with van der Waals surface area (Å²) in [5.41, 5.74) is 4.01. The summed E-state index contributed by atoms with van der Waals surface area (Å²) in [6.45, 7) is 6.19. The molecule has 1 fully saturated rings. The van der Waals surface area contributed by atoms with Crippen LogP contribution in [0.5, 0.6) is 5.75 Å². The van der Waals surface area contributed by atoms with Crippen LogP contribution < -0.4 is 15.0 Å². The van der Waals surface area contributed by atoms with E-state index in [0.29, 0.717) is 29.7 Å². The maximum atomic E-state index is 11.4. The number of aryl methyl sites for hydroxylation is 1. The zero-order chi connectivity index (χ0) is 28.8. The molecule has 0 amide bonds. The fraction of sp³-hybridized carbons (Fsp3) is 0.448. The average Bonchev–Trinajstić information content (AvgIpc) is 3.39. The number of rotatable bonds is 9. The lowest BCUT2D eigenvalue weighted by Crippen LogP contribution is -2.53. The quantitative estimate of drug-likeness (QED) is 0.145. The first-order valence-corrected chi connectivity index (χ1v) is 14.8. The number of guanidine groups is 1. The van der Waals surface area contributed by atoms with Crippen molar-refractivity contribution in [3.05, 3.63) is 79.1 Å². The zero-order valence-electron chi connectivity index (χ0n) is 23.1. The number of aromatic nitrogens is 1. The second kappa shape index (κ2) is 13.4. The number of benzene rings is 2. The number of fused-ring (bicyclic) bond motifs is 1. The van der Waals surface area contributed by atoms with Crippen LogP contribution in [-0.4, -0.2) is 60.3 Å². The third-order valence-electron chi connectivity index (χ3n) is 7.49. The van der Waals surface area contributed by atoms with Gasteiger partial charge in [-0.3, -0.25) is 10.1 Å². The van der Waals surface area contributed by atoms with E-state index >= 15 is 0 Å². The highest BCUT2D eigenvalue weighted by Gasteiger charge is 2.24. The molecule has 0 spiro atoms. The monoisotopic (exact) mass is 600 g/mol. The predicted molar refractivity (Wildman–Crippen MR) is 161 cm³/mol. The Labute approximate surface area is 249 Å². The molecule has 1 aliphatic heterocycles. The lowest BCUT2D eigenvalue weighted by atomic mass is 9.96. The molecule has 5 rings (SSSR count). The summed E-state index contributed by atoms with van der Waals surface area (Å²) < 4.78 is 11.2. The Balaban J connectivity index is 1.28. The van der Waals surface area contributed by atoms with Crippen LogP contribution in [0.1, 0.15) is 42.3 Å². The highest BCUT2D eigenvalue weighted by molar-refractivity contribution is 6.35. The smallest absolute Gasteiger partial charge is 0.311 e. The van der Waals surface area contributed by atoms with Crippen molar-refractivity contribution in [2.45, 2.75) is 45.6 Å². The van der Waals surface area contributed by atoms with Gasteiger partial charge in [-0.05, 0) is 56.4 Å². The summed E-state index contributed by atoms with van der Waals surface area (Å²) in [5, 5.41) is 20.5. The van der Waals surface area contributed by atoms with E-state index in [9.17, 15) is 10.1 Å². The van der Waals surface area contributed by atoms with Crippen molar-refractivity contribution < 1.29 is 14.2 Å². The molecule has 1 N–H and O–H groups in total. The number of nitro benzene ring substituents is 1. The topological polar surface area (TPSA) is 109 Å². The summed E-state index contributed by atoms with van der Waals surface area (Å²) in [6, 6.07) is 10.6. The van der Waals surface area contributed by atoms with Gasteiger partial charge in [-0.2, -0.15) is 0 Å². The van der Waals surface area contributed by atoms with E-state index < -0.39 is 4.92 Å². The third kappa shape index (κ3) is 7.05. The largest absolute Gasteiger partial charge is 0.487 e. The van der Waals surface area contributed by atoms with Crippen molar-refractivity contribution in [1.29, 1.82) is 0 Å². The van der Waals surface area contributed by atoms with Crippen LogP contribution in [-0.2, 0) is 25.8 Å². The number of piperazine rings is 1. The Morgan fingerprint density at radius 3 is 2.71 bits per heavy atom. The number of halogens is 2. The molecule has 0 saturated carbocycles. The van der Waals surface area contributed by atoms with Gasteiger partial charge in [-0.25, -0.2) is 4.99 Å². The average molecular weight is 602 g/mol. The van der Waals surface area contributed by atoms with Gasteiger partial charge >= 0.3 is 5.69 Å². The lowest BCUT2D eigenvalue weighted by molar-refractivity contribution is -0.385. The Bertz CT molecular complexity index is 1400. The van der Waals surface area contributed by atoms with Crippen molar-refractivity contribution in [1.82, 2.24) is 15.4 Å². The molecule has 2 aromatic carbocycles. The van der Waals surface area contributed by atoms with E-state index in [1.54, 1.807) is 18.2 Å². The van der Waals surface area contributed by atoms with E-state index in [1.807, 2.05) is 19.1 Å². The fourth-order valence-electron chi connectivity index (χ4n) is 5.32. The molecule has 0 bridgehead atoms. The first kappa shape index (κ1) is 29.0. The Morgan fingerprint density at radius 1 is 1.15 bits per heavy atom. The highest BCUT2D eigenvalue weighted by atomic mass is 35.5. The van der Waals surface area contributed by atoms with Crippen LogP contribution >= 0.6 is 23.2 Å². The van der Waals surface area contributed by atoms with Gasteiger partial charge in [-0.1, -0.05) is 34.4 Å². The minimum atomic E-state index is -0.412. The third-order valence-corrected chi connectivity index (χ3v) is 8.07. The molecule has 12 heteroatoms. The van der Waals surface area contributed by atoms with Gasteiger partial charge in [0.25, 0.3) is 0 Å². The molecular formula is C29H34Cl2N6O4. The predicted octanol–water partition coefficient (Wildman–Crippen LogP) is 5.68. The molecule has 3 aromatic rings. The molecule has 1 aromatic heterocycles. The lowest BCUT2D eigenvalue weighted by Gasteiger charge is -2.38. The van der Waals surface area contributed by atoms with Crippen molar-refractivity contribution in [3.8, 4) is 5.75 Å². The van der Waals surface area contributed by atoms with E-state index in [0.717, 1.165) is 86.9 Å². The highest BCUT2D eigenvalue weighted by Crippen LogP contribution is 2.32. The first-order valence-electron chi connectivity index (χ1n) is 14.0. The van der Waals surface area contributed by atoms with Gasteiger partial charge in [-0.15, -0.1) is 0 Å².